The second kappa shape index (κ2) is 18.1. The van der Waals surface area contributed by atoms with E-state index in [-0.39, 0.29) is 55.6 Å². The van der Waals surface area contributed by atoms with E-state index >= 15 is 0 Å². The Bertz CT molecular complexity index is 1480. The molecule has 15 heteroatoms. The summed E-state index contributed by atoms with van der Waals surface area (Å²) in [7, 11) is 0. The Balaban J connectivity index is 1.84. The van der Waals surface area contributed by atoms with Crippen LogP contribution in [0.4, 0.5) is 18.9 Å². The minimum absolute atomic E-state index is 0.0417. The van der Waals surface area contributed by atoms with Crippen LogP contribution in [0.5, 0.6) is 11.5 Å². The highest BCUT2D eigenvalue weighted by atomic mass is 19.4. The molecule has 0 radical (unpaired) electrons. The number of alkyl halides is 3. The van der Waals surface area contributed by atoms with Crippen molar-refractivity contribution in [2.45, 2.75) is 58.2 Å². The Morgan fingerprint density at radius 2 is 1.73 bits per heavy atom. The van der Waals surface area contributed by atoms with Crippen LogP contribution < -0.4 is 20.1 Å². The Morgan fingerprint density at radius 3 is 2.38 bits per heavy atom. The van der Waals surface area contributed by atoms with Crippen LogP contribution in [0.2, 0.25) is 0 Å². The third-order valence-electron chi connectivity index (χ3n) is 7.09. The number of hydrogen-bond donors (Lipinski definition) is 3. The predicted octanol–water partition coefficient (Wildman–Crippen LogP) is 5.08. The number of benzene rings is 2. The van der Waals surface area contributed by atoms with Crippen molar-refractivity contribution < 1.29 is 51.7 Å². The second-order valence-electron chi connectivity index (χ2n) is 10.8. The maximum Gasteiger partial charge on any atom is 0.431 e. The number of para-hydroxylation sites is 1. The van der Waals surface area contributed by atoms with Crippen molar-refractivity contribution >= 4 is 17.6 Å². The fraction of sp³-hybridized carbons (Fsp3) is 0.455. The van der Waals surface area contributed by atoms with Crippen molar-refractivity contribution in [1.29, 1.82) is 0 Å². The summed E-state index contributed by atoms with van der Waals surface area (Å²) >= 11 is 0. The van der Waals surface area contributed by atoms with Crippen LogP contribution in [0, 0.1) is 10.1 Å². The molecule has 2 aromatic carbocycles. The van der Waals surface area contributed by atoms with Gasteiger partial charge < -0.3 is 34.7 Å². The summed E-state index contributed by atoms with van der Waals surface area (Å²) in [5.41, 5.74) is -3.72. The maximum atomic E-state index is 14.4. The number of dihydropyridines is 1. The van der Waals surface area contributed by atoms with E-state index in [0.717, 1.165) is 12.1 Å². The molecule has 1 heterocycles. The van der Waals surface area contributed by atoms with E-state index < -0.39 is 52.0 Å². The number of halogens is 3. The van der Waals surface area contributed by atoms with Gasteiger partial charge in [-0.25, -0.2) is 9.59 Å². The molecule has 262 valence electrons. The van der Waals surface area contributed by atoms with E-state index in [0.29, 0.717) is 31.6 Å². The van der Waals surface area contributed by atoms with Gasteiger partial charge in [0.25, 0.3) is 5.69 Å². The Labute approximate surface area is 276 Å². The van der Waals surface area contributed by atoms with Gasteiger partial charge in [-0.3, -0.25) is 10.1 Å². The molecule has 0 bridgehead atoms. The molecule has 1 aliphatic heterocycles. The highest BCUT2D eigenvalue weighted by molar-refractivity contribution is 6.00. The molecule has 2 aromatic rings. The lowest BCUT2D eigenvalue weighted by molar-refractivity contribution is -0.384. The first kappa shape index (κ1) is 37.8. The zero-order chi connectivity index (χ0) is 35.3. The van der Waals surface area contributed by atoms with Gasteiger partial charge in [-0.15, -0.1) is 0 Å². The number of unbranched alkanes of at least 4 members (excludes halogenated alkanes) is 1. The number of nitro benzene ring substituents is 1. The Morgan fingerprint density at radius 1 is 1.02 bits per heavy atom. The fourth-order valence-electron chi connectivity index (χ4n) is 4.91. The maximum absolute atomic E-state index is 14.4. The predicted molar refractivity (Wildman–Crippen MR) is 168 cm³/mol. The molecular weight excluding hydrogens is 639 g/mol. The molecule has 48 heavy (non-hydrogen) atoms. The normalized spacial score (nSPS) is 15.4. The molecule has 0 aromatic heterocycles. The second-order valence-corrected chi connectivity index (χ2v) is 10.8. The molecule has 0 fully saturated rings. The Hall–Kier alpha value is -4.63. The molecule has 0 spiro atoms. The number of carbonyl (C=O) groups is 2. The molecule has 12 nitrogen and oxygen atoms in total. The number of allylic oxidation sites excluding steroid dienone is 2. The van der Waals surface area contributed by atoms with E-state index in [4.69, 9.17) is 18.9 Å². The van der Waals surface area contributed by atoms with Crippen molar-refractivity contribution in [3.8, 4) is 11.5 Å². The van der Waals surface area contributed by atoms with Crippen LogP contribution in [0.3, 0.4) is 0 Å². The molecule has 3 rings (SSSR count). The number of aliphatic hydroxyl groups excluding tert-OH is 1. The summed E-state index contributed by atoms with van der Waals surface area (Å²) in [5, 5.41) is 27.2. The van der Waals surface area contributed by atoms with Gasteiger partial charge in [0, 0.05) is 29.9 Å². The van der Waals surface area contributed by atoms with Crippen molar-refractivity contribution in [2.75, 3.05) is 39.5 Å². The first-order valence-corrected chi connectivity index (χ1v) is 15.5. The highest BCUT2D eigenvalue weighted by Crippen LogP contribution is 2.46. The number of carbonyl (C=O) groups excluding carboxylic acids is 2. The molecule has 0 aliphatic carbocycles. The lowest BCUT2D eigenvalue weighted by Crippen LogP contribution is -2.38. The number of nitrogens with zero attached hydrogens (tertiary/aromatic N) is 1. The number of ether oxygens (including phenoxy) is 4. The molecule has 0 saturated heterocycles. The van der Waals surface area contributed by atoms with Gasteiger partial charge in [-0.05, 0) is 57.9 Å². The Kier molecular flexibility index (Phi) is 14.2. The minimum Gasteiger partial charge on any atom is -0.493 e. The van der Waals surface area contributed by atoms with Crippen LogP contribution in [0.1, 0.15) is 51.5 Å². The zero-order valence-electron chi connectivity index (χ0n) is 26.9. The highest BCUT2D eigenvalue weighted by Gasteiger charge is 2.48. The summed E-state index contributed by atoms with van der Waals surface area (Å²) < 4.78 is 64.8. The number of rotatable bonds is 18. The summed E-state index contributed by atoms with van der Waals surface area (Å²) in [5.74, 6) is -3.57. The average Bonchev–Trinajstić information content (AvgIpc) is 3.05. The van der Waals surface area contributed by atoms with Crippen molar-refractivity contribution in [1.82, 2.24) is 10.6 Å². The van der Waals surface area contributed by atoms with Crippen molar-refractivity contribution in [3.05, 3.63) is 86.7 Å². The zero-order valence-corrected chi connectivity index (χ0v) is 26.9. The molecule has 1 aliphatic rings. The number of non-ortho nitro benzene ring substituents is 1. The van der Waals surface area contributed by atoms with E-state index in [1.165, 1.54) is 19.9 Å². The van der Waals surface area contributed by atoms with Crippen LogP contribution in [0.15, 0.2) is 71.1 Å². The fourth-order valence-corrected chi connectivity index (χ4v) is 4.91. The van der Waals surface area contributed by atoms with E-state index in [1.54, 1.807) is 19.1 Å². The van der Waals surface area contributed by atoms with Gasteiger partial charge in [0.05, 0.1) is 41.8 Å². The van der Waals surface area contributed by atoms with Gasteiger partial charge in [-0.1, -0.05) is 25.1 Å². The van der Waals surface area contributed by atoms with E-state index in [1.807, 2.05) is 18.2 Å². The molecule has 3 N–H and O–H groups in total. The molecule has 2 unspecified atom stereocenters. The van der Waals surface area contributed by atoms with Gasteiger partial charge in [0.2, 0.25) is 0 Å². The monoisotopic (exact) mass is 679 g/mol. The number of nitro groups is 1. The third-order valence-corrected chi connectivity index (χ3v) is 7.09. The summed E-state index contributed by atoms with van der Waals surface area (Å²) in [6.07, 6.45) is -4.42. The largest absolute Gasteiger partial charge is 0.493 e. The quantitative estimate of drug-likeness (QED) is 0.0836. The minimum atomic E-state index is -5.09. The van der Waals surface area contributed by atoms with Crippen LogP contribution in [-0.2, 0) is 19.1 Å². The number of esters is 2. The van der Waals surface area contributed by atoms with Crippen LogP contribution in [-0.4, -0.2) is 73.8 Å². The SMILES string of the molecule is CCCOC(=O)C1=C(C)NC(C(F)(F)F)=C(C(=O)OCC)C1c1cc([N+](=O)[O-])ccc1OCCCCNCC(O)COc1ccccc1. The third kappa shape index (κ3) is 10.4. The van der Waals surface area contributed by atoms with Gasteiger partial charge in [0.1, 0.15) is 29.9 Å². The topological polar surface area (TPSA) is 158 Å². The van der Waals surface area contributed by atoms with Gasteiger partial charge >= 0.3 is 18.1 Å². The summed E-state index contributed by atoms with van der Waals surface area (Å²) in [4.78, 5) is 37.5. The van der Waals surface area contributed by atoms with E-state index in [9.17, 15) is 38.0 Å². The van der Waals surface area contributed by atoms with Crippen molar-refractivity contribution in [2.24, 2.45) is 0 Å². The van der Waals surface area contributed by atoms with Crippen LogP contribution in [0.25, 0.3) is 0 Å². The molecular formula is C33H40F3N3O9. The number of aliphatic hydroxyl groups is 1. The molecule has 2 atom stereocenters. The molecule has 0 saturated carbocycles. The van der Waals surface area contributed by atoms with Crippen LogP contribution >= 0.6 is 0 Å². The average molecular weight is 680 g/mol. The first-order valence-electron chi connectivity index (χ1n) is 15.5. The summed E-state index contributed by atoms with van der Waals surface area (Å²) in [6, 6.07) is 12.4. The van der Waals surface area contributed by atoms with Crippen molar-refractivity contribution in [3.63, 3.8) is 0 Å². The number of hydrogen-bond acceptors (Lipinski definition) is 11. The number of nitrogens with one attached hydrogen (secondary N) is 2. The first-order chi connectivity index (χ1) is 22.9. The lowest BCUT2D eigenvalue weighted by Gasteiger charge is -2.32. The van der Waals surface area contributed by atoms with Gasteiger partial charge in [0.15, 0.2) is 0 Å². The standard InChI is InChI=1S/C33H40F3N3O9/c1-4-16-47-31(41)27-21(3)38-30(33(34,35)36)29(32(42)45-5-2)28(27)25-18-22(39(43)44)13-14-26(25)46-17-10-9-15-37-19-23(40)20-48-24-11-7-6-8-12-24/h6-8,11-14,18,23,28,37-38,40H,4-5,9-10,15-17,19-20H2,1-3H3. The van der Waals surface area contributed by atoms with Gasteiger partial charge in [-0.2, -0.15) is 13.2 Å². The van der Waals surface area contributed by atoms with E-state index in [2.05, 4.69) is 10.6 Å². The smallest absolute Gasteiger partial charge is 0.431 e. The summed E-state index contributed by atoms with van der Waals surface area (Å²) in [6.45, 7) is 4.92. The molecule has 0 amide bonds. The lowest BCUT2D eigenvalue weighted by atomic mass is 9.79.